The van der Waals surface area contributed by atoms with E-state index in [9.17, 15) is 14.4 Å². The van der Waals surface area contributed by atoms with E-state index in [1.807, 2.05) is 0 Å². The van der Waals surface area contributed by atoms with E-state index in [0.717, 1.165) is 25.7 Å². The molecule has 0 bridgehead atoms. The maximum absolute atomic E-state index is 12.1. The predicted octanol–water partition coefficient (Wildman–Crippen LogP) is 1.63. The number of esters is 1. The van der Waals surface area contributed by atoms with E-state index in [1.165, 1.54) is 20.3 Å². The van der Waals surface area contributed by atoms with Crippen LogP contribution in [0.25, 0.3) is 0 Å². The Bertz CT molecular complexity index is 640. The summed E-state index contributed by atoms with van der Waals surface area (Å²) in [5, 5.41) is 4.86. The van der Waals surface area contributed by atoms with Crippen molar-refractivity contribution in [3.63, 3.8) is 0 Å². The number of carbonyl (C=O) groups excluding carboxylic acids is 3. The molecule has 2 N–H and O–H groups in total. The number of carbonyl (C=O) groups is 3. The predicted molar refractivity (Wildman–Crippen MR) is 88.8 cm³/mol. The fourth-order valence-corrected chi connectivity index (χ4v) is 2.71. The van der Waals surface area contributed by atoms with Gasteiger partial charge in [-0.25, -0.2) is 9.59 Å². The molecule has 1 aliphatic carbocycles. The number of hydrogen-bond donors (Lipinski definition) is 2. The smallest absolute Gasteiger partial charge is 0.342 e. The van der Waals surface area contributed by atoms with Crippen molar-refractivity contribution in [1.82, 2.24) is 10.6 Å². The number of rotatable bonds is 6. The van der Waals surface area contributed by atoms with Gasteiger partial charge in [0.05, 0.1) is 14.2 Å². The molecule has 1 aliphatic rings. The van der Waals surface area contributed by atoms with E-state index < -0.39 is 24.5 Å². The molecule has 0 aliphatic heterocycles. The van der Waals surface area contributed by atoms with E-state index in [-0.39, 0.29) is 17.4 Å². The lowest BCUT2D eigenvalue weighted by atomic mass is 10.2. The van der Waals surface area contributed by atoms with E-state index in [1.54, 1.807) is 12.1 Å². The SMILES string of the molecule is COc1cccc(C(=O)OCC(=O)NC(=O)NC2CCCC2)c1OC. The number of nitrogens with one attached hydrogen (secondary N) is 2. The molecule has 25 heavy (non-hydrogen) atoms. The number of benzene rings is 1. The topological polar surface area (TPSA) is 103 Å². The minimum absolute atomic E-state index is 0.0939. The molecule has 0 heterocycles. The molecular weight excluding hydrogens is 328 g/mol. The molecule has 136 valence electrons. The number of amides is 3. The van der Waals surface area contributed by atoms with Crippen molar-refractivity contribution in [1.29, 1.82) is 0 Å². The van der Waals surface area contributed by atoms with E-state index in [2.05, 4.69) is 10.6 Å². The quantitative estimate of drug-likeness (QED) is 0.756. The lowest BCUT2D eigenvalue weighted by Crippen LogP contribution is -2.45. The molecule has 0 spiro atoms. The summed E-state index contributed by atoms with van der Waals surface area (Å²) >= 11 is 0. The highest BCUT2D eigenvalue weighted by molar-refractivity contribution is 5.98. The van der Waals surface area contributed by atoms with Crippen LogP contribution in [-0.4, -0.2) is 44.8 Å². The third-order valence-electron chi connectivity index (χ3n) is 3.90. The normalized spacial score (nSPS) is 13.8. The van der Waals surface area contributed by atoms with Crippen molar-refractivity contribution in [2.24, 2.45) is 0 Å². The molecule has 1 saturated carbocycles. The average Bonchev–Trinajstić information content (AvgIpc) is 3.11. The summed E-state index contributed by atoms with van der Waals surface area (Å²) in [5.74, 6) is -0.862. The number of imide groups is 1. The second-order valence-electron chi connectivity index (χ2n) is 5.62. The van der Waals surface area contributed by atoms with Gasteiger partial charge in [-0.1, -0.05) is 18.9 Å². The third-order valence-corrected chi connectivity index (χ3v) is 3.90. The van der Waals surface area contributed by atoms with Gasteiger partial charge in [-0.3, -0.25) is 10.1 Å². The van der Waals surface area contributed by atoms with E-state index in [4.69, 9.17) is 14.2 Å². The van der Waals surface area contributed by atoms with Gasteiger partial charge >= 0.3 is 12.0 Å². The Morgan fingerprint density at radius 1 is 1.12 bits per heavy atom. The zero-order valence-corrected chi connectivity index (χ0v) is 14.3. The van der Waals surface area contributed by atoms with Crippen LogP contribution >= 0.6 is 0 Å². The first-order valence-corrected chi connectivity index (χ1v) is 8.03. The van der Waals surface area contributed by atoms with Crippen LogP contribution < -0.4 is 20.1 Å². The molecule has 0 atom stereocenters. The first-order chi connectivity index (χ1) is 12.0. The van der Waals surface area contributed by atoms with Crippen LogP contribution in [0.1, 0.15) is 36.0 Å². The Balaban J connectivity index is 1.85. The highest BCUT2D eigenvalue weighted by Gasteiger charge is 2.21. The Kier molecular flexibility index (Phi) is 6.62. The van der Waals surface area contributed by atoms with Gasteiger partial charge in [0.2, 0.25) is 0 Å². The van der Waals surface area contributed by atoms with Gasteiger partial charge in [0.15, 0.2) is 18.1 Å². The summed E-state index contributed by atoms with van der Waals surface area (Å²) in [4.78, 5) is 35.5. The van der Waals surface area contributed by atoms with E-state index >= 15 is 0 Å². The molecule has 1 aromatic carbocycles. The standard InChI is InChI=1S/C17H22N2O6/c1-23-13-9-5-8-12(15(13)24-2)16(21)25-10-14(20)19-17(22)18-11-6-3-4-7-11/h5,8-9,11H,3-4,6-7,10H2,1-2H3,(H2,18,19,20,22). The molecule has 0 radical (unpaired) electrons. The second-order valence-corrected chi connectivity index (χ2v) is 5.62. The molecule has 1 aromatic rings. The summed E-state index contributed by atoms with van der Waals surface area (Å²) in [6.45, 7) is -0.572. The zero-order valence-electron chi connectivity index (χ0n) is 14.3. The Labute approximate surface area is 145 Å². The van der Waals surface area contributed by atoms with Crippen molar-refractivity contribution in [2.45, 2.75) is 31.7 Å². The molecule has 0 aromatic heterocycles. The molecular formula is C17H22N2O6. The molecule has 3 amide bonds. The van der Waals surface area contributed by atoms with Gasteiger partial charge < -0.3 is 19.5 Å². The minimum atomic E-state index is -0.748. The Morgan fingerprint density at radius 3 is 2.48 bits per heavy atom. The average molecular weight is 350 g/mol. The van der Waals surface area contributed by atoms with Crippen molar-refractivity contribution in [3.05, 3.63) is 23.8 Å². The van der Waals surface area contributed by atoms with Crippen LogP contribution in [0.5, 0.6) is 11.5 Å². The van der Waals surface area contributed by atoms with Crippen LogP contribution in [0.15, 0.2) is 18.2 Å². The number of urea groups is 1. The van der Waals surface area contributed by atoms with Crippen molar-refractivity contribution < 1.29 is 28.6 Å². The van der Waals surface area contributed by atoms with Gasteiger partial charge in [-0.2, -0.15) is 0 Å². The molecule has 8 heteroatoms. The lowest BCUT2D eigenvalue weighted by molar-refractivity contribution is -0.123. The largest absolute Gasteiger partial charge is 0.493 e. The van der Waals surface area contributed by atoms with Gasteiger partial charge in [0, 0.05) is 6.04 Å². The lowest BCUT2D eigenvalue weighted by Gasteiger charge is -2.13. The van der Waals surface area contributed by atoms with Crippen LogP contribution in [0, 0.1) is 0 Å². The first kappa shape index (κ1) is 18.6. The molecule has 0 saturated heterocycles. The summed E-state index contributed by atoms with van der Waals surface area (Å²) in [6.07, 6.45) is 3.95. The van der Waals surface area contributed by atoms with Crippen LogP contribution in [0.3, 0.4) is 0 Å². The molecule has 8 nitrogen and oxygen atoms in total. The monoisotopic (exact) mass is 350 g/mol. The van der Waals surface area contributed by atoms with Crippen molar-refractivity contribution >= 4 is 17.9 Å². The summed E-state index contributed by atoms with van der Waals surface area (Å²) in [7, 11) is 2.85. The fourth-order valence-electron chi connectivity index (χ4n) is 2.71. The van der Waals surface area contributed by atoms with Gasteiger partial charge in [-0.05, 0) is 25.0 Å². The highest BCUT2D eigenvalue weighted by atomic mass is 16.5. The molecule has 2 rings (SSSR count). The Morgan fingerprint density at radius 2 is 1.84 bits per heavy atom. The van der Waals surface area contributed by atoms with Crippen LogP contribution in [0.4, 0.5) is 4.79 Å². The molecule has 0 unspecified atom stereocenters. The van der Waals surface area contributed by atoms with E-state index in [0.29, 0.717) is 5.75 Å². The summed E-state index contributed by atoms with van der Waals surface area (Å²) in [5.41, 5.74) is 0.130. The summed E-state index contributed by atoms with van der Waals surface area (Å²) in [6, 6.07) is 4.25. The number of hydrogen-bond acceptors (Lipinski definition) is 6. The van der Waals surface area contributed by atoms with Crippen molar-refractivity contribution in [2.75, 3.05) is 20.8 Å². The summed E-state index contributed by atoms with van der Waals surface area (Å²) < 4.78 is 15.2. The van der Waals surface area contributed by atoms with Gasteiger partial charge in [0.1, 0.15) is 5.56 Å². The van der Waals surface area contributed by atoms with Gasteiger partial charge in [-0.15, -0.1) is 0 Å². The fraction of sp³-hybridized carbons (Fsp3) is 0.471. The number of methoxy groups -OCH3 is 2. The van der Waals surface area contributed by atoms with Crippen molar-refractivity contribution in [3.8, 4) is 11.5 Å². The minimum Gasteiger partial charge on any atom is -0.493 e. The molecule has 1 fully saturated rings. The number of ether oxygens (including phenoxy) is 3. The zero-order chi connectivity index (χ0) is 18.2. The number of para-hydroxylation sites is 1. The maximum Gasteiger partial charge on any atom is 0.342 e. The van der Waals surface area contributed by atoms with Crippen LogP contribution in [0.2, 0.25) is 0 Å². The first-order valence-electron chi connectivity index (χ1n) is 8.03. The Hall–Kier alpha value is -2.77. The highest BCUT2D eigenvalue weighted by Crippen LogP contribution is 2.31. The van der Waals surface area contributed by atoms with Gasteiger partial charge in [0.25, 0.3) is 5.91 Å². The second kappa shape index (κ2) is 8.91. The van der Waals surface area contributed by atoms with Crippen LogP contribution in [-0.2, 0) is 9.53 Å². The maximum atomic E-state index is 12.1. The third kappa shape index (κ3) is 5.10.